The van der Waals surface area contributed by atoms with Crippen molar-refractivity contribution in [3.8, 4) is 0 Å². The summed E-state index contributed by atoms with van der Waals surface area (Å²) < 4.78 is 1.68. The van der Waals surface area contributed by atoms with Gasteiger partial charge in [0.05, 0.1) is 17.6 Å². The lowest BCUT2D eigenvalue weighted by Crippen LogP contribution is -2.20. The summed E-state index contributed by atoms with van der Waals surface area (Å²) in [5.41, 5.74) is 2.58. The number of pyridine rings is 1. The Bertz CT molecular complexity index is 519. The number of amides is 1. The fourth-order valence-corrected chi connectivity index (χ4v) is 1.61. The van der Waals surface area contributed by atoms with E-state index in [2.05, 4.69) is 15.4 Å². The summed E-state index contributed by atoms with van der Waals surface area (Å²) in [6, 6.07) is 5.52. The van der Waals surface area contributed by atoms with Crippen LogP contribution in [0.2, 0.25) is 0 Å². The minimum Gasteiger partial charge on any atom is -0.323 e. The number of aromatic nitrogens is 3. The molecule has 0 aliphatic carbocycles. The van der Waals surface area contributed by atoms with Crippen LogP contribution in [0, 0.1) is 13.8 Å². The van der Waals surface area contributed by atoms with E-state index in [4.69, 9.17) is 0 Å². The first-order chi connectivity index (χ1) is 8.15. The van der Waals surface area contributed by atoms with E-state index in [1.54, 1.807) is 29.2 Å². The molecule has 0 saturated heterocycles. The van der Waals surface area contributed by atoms with Crippen LogP contribution in [0.15, 0.2) is 30.6 Å². The molecule has 2 aromatic rings. The van der Waals surface area contributed by atoms with Crippen molar-refractivity contribution in [3.05, 3.63) is 42.0 Å². The molecular formula is C12H14N4O. The first-order valence-electron chi connectivity index (χ1n) is 5.36. The van der Waals surface area contributed by atoms with E-state index in [0.29, 0.717) is 5.69 Å². The molecule has 0 aliphatic rings. The van der Waals surface area contributed by atoms with E-state index in [1.807, 2.05) is 19.9 Å². The van der Waals surface area contributed by atoms with Crippen molar-refractivity contribution < 1.29 is 4.79 Å². The summed E-state index contributed by atoms with van der Waals surface area (Å²) in [6.45, 7) is 4.05. The molecule has 0 atom stereocenters. The molecule has 0 aliphatic heterocycles. The van der Waals surface area contributed by atoms with Crippen LogP contribution in [0.25, 0.3) is 0 Å². The quantitative estimate of drug-likeness (QED) is 0.870. The molecular weight excluding hydrogens is 216 g/mol. The number of carbonyl (C=O) groups is 1. The van der Waals surface area contributed by atoms with Gasteiger partial charge in [-0.25, -0.2) is 0 Å². The molecule has 5 nitrogen and oxygen atoms in total. The number of hydrogen-bond acceptors (Lipinski definition) is 3. The van der Waals surface area contributed by atoms with Gasteiger partial charge in [-0.15, -0.1) is 0 Å². The molecule has 0 saturated carbocycles. The smallest absolute Gasteiger partial charge is 0.246 e. The molecule has 0 bridgehead atoms. The van der Waals surface area contributed by atoms with Gasteiger partial charge < -0.3 is 5.32 Å². The average molecular weight is 230 g/mol. The van der Waals surface area contributed by atoms with Crippen LogP contribution < -0.4 is 5.32 Å². The molecule has 0 radical (unpaired) electrons. The first-order valence-corrected chi connectivity index (χ1v) is 5.36. The Morgan fingerprint density at radius 3 is 2.88 bits per heavy atom. The second-order valence-corrected chi connectivity index (χ2v) is 3.87. The molecule has 17 heavy (non-hydrogen) atoms. The normalized spacial score (nSPS) is 10.2. The minimum atomic E-state index is -0.107. The molecule has 1 N–H and O–H groups in total. The van der Waals surface area contributed by atoms with Crippen LogP contribution in [0.3, 0.4) is 0 Å². The van der Waals surface area contributed by atoms with Gasteiger partial charge in [-0.2, -0.15) is 5.10 Å². The number of anilines is 1. The molecule has 88 valence electrons. The number of nitrogens with one attached hydrogen (secondary N) is 1. The number of rotatable bonds is 3. The number of carbonyl (C=O) groups excluding carboxylic acids is 1. The van der Waals surface area contributed by atoms with Gasteiger partial charge in [-0.3, -0.25) is 14.5 Å². The maximum absolute atomic E-state index is 11.7. The van der Waals surface area contributed by atoms with Crippen molar-refractivity contribution in [1.29, 1.82) is 0 Å². The van der Waals surface area contributed by atoms with Gasteiger partial charge in [-0.1, -0.05) is 0 Å². The first kappa shape index (κ1) is 11.3. The third kappa shape index (κ3) is 2.90. The number of aryl methyl sites for hydroxylation is 2. The zero-order valence-corrected chi connectivity index (χ0v) is 9.84. The van der Waals surface area contributed by atoms with Gasteiger partial charge in [0.2, 0.25) is 5.91 Å². The predicted octanol–water partition coefficient (Wildman–Crippen LogP) is 1.53. The van der Waals surface area contributed by atoms with E-state index in [0.717, 1.165) is 11.4 Å². The van der Waals surface area contributed by atoms with Crippen LogP contribution in [-0.4, -0.2) is 20.7 Å². The summed E-state index contributed by atoms with van der Waals surface area (Å²) in [6.07, 6.45) is 3.27. The Balaban J connectivity index is 2.01. The minimum absolute atomic E-state index is 0.107. The molecule has 2 heterocycles. The van der Waals surface area contributed by atoms with E-state index in [9.17, 15) is 4.79 Å². The highest BCUT2D eigenvalue weighted by Crippen LogP contribution is 2.05. The Kier molecular flexibility index (Phi) is 3.18. The van der Waals surface area contributed by atoms with Crippen LogP contribution in [0.4, 0.5) is 5.69 Å². The fourth-order valence-electron chi connectivity index (χ4n) is 1.61. The largest absolute Gasteiger partial charge is 0.323 e. The summed E-state index contributed by atoms with van der Waals surface area (Å²) in [7, 11) is 0. The molecule has 1 amide bonds. The van der Waals surface area contributed by atoms with Gasteiger partial charge >= 0.3 is 0 Å². The molecule has 0 spiro atoms. The standard InChI is InChI=1S/C12H14N4O/c1-9-6-10(2)16(15-9)8-12(17)14-11-4-3-5-13-7-11/h3-7H,8H2,1-2H3,(H,14,17). The SMILES string of the molecule is Cc1cc(C)n(CC(=O)Nc2cccnc2)n1. The molecule has 2 aromatic heterocycles. The Labute approximate surface area is 99.5 Å². The third-order valence-electron chi connectivity index (χ3n) is 2.34. The topological polar surface area (TPSA) is 59.8 Å². The number of hydrogen-bond donors (Lipinski definition) is 1. The van der Waals surface area contributed by atoms with Crippen LogP contribution in [-0.2, 0) is 11.3 Å². The maximum atomic E-state index is 11.7. The van der Waals surface area contributed by atoms with Crippen molar-refractivity contribution in [1.82, 2.24) is 14.8 Å². The van der Waals surface area contributed by atoms with Crippen molar-refractivity contribution in [2.75, 3.05) is 5.32 Å². The van der Waals surface area contributed by atoms with Crippen LogP contribution in [0.5, 0.6) is 0 Å². The zero-order chi connectivity index (χ0) is 12.3. The van der Waals surface area contributed by atoms with E-state index in [-0.39, 0.29) is 12.5 Å². The highest BCUT2D eigenvalue weighted by Gasteiger charge is 2.07. The lowest BCUT2D eigenvalue weighted by Gasteiger charge is -2.05. The summed E-state index contributed by atoms with van der Waals surface area (Å²) in [4.78, 5) is 15.7. The van der Waals surface area contributed by atoms with Crippen molar-refractivity contribution in [2.24, 2.45) is 0 Å². The van der Waals surface area contributed by atoms with Crippen molar-refractivity contribution >= 4 is 11.6 Å². The van der Waals surface area contributed by atoms with Crippen LogP contribution in [0.1, 0.15) is 11.4 Å². The number of nitrogens with zero attached hydrogens (tertiary/aromatic N) is 3. The molecule has 2 rings (SSSR count). The maximum Gasteiger partial charge on any atom is 0.246 e. The Hall–Kier alpha value is -2.17. The molecule has 0 fully saturated rings. The van der Waals surface area contributed by atoms with Gasteiger partial charge in [0.25, 0.3) is 0 Å². The van der Waals surface area contributed by atoms with Gasteiger partial charge in [0, 0.05) is 11.9 Å². The second-order valence-electron chi connectivity index (χ2n) is 3.87. The Morgan fingerprint density at radius 1 is 1.47 bits per heavy atom. The third-order valence-corrected chi connectivity index (χ3v) is 2.34. The summed E-state index contributed by atoms with van der Waals surface area (Å²) in [5, 5.41) is 7.00. The van der Waals surface area contributed by atoms with E-state index < -0.39 is 0 Å². The molecule has 0 aromatic carbocycles. The highest BCUT2D eigenvalue weighted by atomic mass is 16.2. The highest BCUT2D eigenvalue weighted by molar-refractivity contribution is 5.90. The predicted molar refractivity (Wildman–Crippen MR) is 64.6 cm³/mol. The monoisotopic (exact) mass is 230 g/mol. The van der Waals surface area contributed by atoms with Gasteiger partial charge in [-0.05, 0) is 32.0 Å². The summed E-state index contributed by atoms with van der Waals surface area (Å²) >= 11 is 0. The molecule has 5 heteroatoms. The van der Waals surface area contributed by atoms with E-state index >= 15 is 0 Å². The van der Waals surface area contributed by atoms with Gasteiger partial charge in [0.1, 0.15) is 6.54 Å². The van der Waals surface area contributed by atoms with Gasteiger partial charge in [0.15, 0.2) is 0 Å². The summed E-state index contributed by atoms with van der Waals surface area (Å²) in [5.74, 6) is -0.107. The lowest BCUT2D eigenvalue weighted by atomic mass is 10.4. The van der Waals surface area contributed by atoms with Crippen molar-refractivity contribution in [2.45, 2.75) is 20.4 Å². The Morgan fingerprint density at radius 2 is 2.29 bits per heavy atom. The van der Waals surface area contributed by atoms with E-state index in [1.165, 1.54) is 0 Å². The van der Waals surface area contributed by atoms with Crippen molar-refractivity contribution in [3.63, 3.8) is 0 Å². The average Bonchev–Trinajstić information content (AvgIpc) is 2.58. The lowest BCUT2D eigenvalue weighted by molar-refractivity contribution is -0.116. The fraction of sp³-hybridized carbons (Fsp3) is 0.250. The second kappa shape index (κ2) is 4.78. The molecule has 0 unspecified atom stereocenters. The van der Waals surface area contributed by atoms with Crippen LogP contribution >= 0.6 is 0 Å². The zero-order valence-electron chi connectivity index (χ0n) is 9.84.